The van der Waals surface area contributed by atoms with E-state index in [9.17, 15) is 5.21 Å². The Balaban J connectivity index is 2.53. The minimum Gasteiger partial charge on any atom is -0.634 e. The van der Waals surface area contributed by atoms with Crippen LogP contribution >= 0.6 is 0 Å². The molecule has 0 radical (unpaired) electrons. The van der Waals surface area contributed by atoms with E-state index in [4.69, 9.17) is 18.9 Å². The van der Waals surface area contributed by atoms with Crippen LogP contribution in [0.5, 0.6) is 0 Å². The van der Waals surface area contributed by atoms with Crippen LogP contribution < -0.4 is 5.06 Å². The maximum Gasteiger partial charge on any atom is 0.168 e. The largest absolute Gasteiger partial charge is 0.634 e. The molecule has 0 spiro atoms. The Morgan fingerprint density at radius 1 is 1.24 bits per heavy atom. The fourth-order valence-electron chi connectivity index (χ4n) is 1.84. The number of hydroxylamine groups is 2. The summed E-state index contributed by atoms with van der Waals surface area (Å²) in [6, 6.07) is 0.0920. The van der Waals surface area contributed by atoms with E-state index in [1.807, 2.05) is 20.8 Å². The lowest BCUT2D eigenvalue weighted by Gasteiger charge is -2.27. The van der Waals surface area contributed by atoms with Gasteiger partial charge >= 0.3 is 0 Å². The number of rotatable bonds is 4. The number of quaternary nitrogens is 1. The van der Waals surface area contributed by atoms with Gasteiger partial charge in [-0.15, -0.1) is 0 Å². The highest BCUT2D eigenvalue weighted by atomic mass is 16.8. The van der Waals surface area contributed by atoms with Crippen LogP contribution in [0, 0.1) is 5.21 Å². The molecule has 2 atom stereocenters. The van der Waals surface area contributed by atoms with Crippen LogP contribution in [-0.4, -0.2) is 45.7 Å². The number of hydrogen-bond donors (Lipinski definition) is 1. The third kappa shape index (κ3) is 7.35. The summed E-state index contributed by atoms with van der Waals surface area (Å²) in [5.41, 5.74) is 2.31. The van der Waals surface area contributed by atoms with E-state index in [1.165, 1.54) is 5.57 Å². The molecule has 1 rings (SSSR count). The zero-order valence-electron chi connectivity index (χ0n) is 13.9. The van der Waals surface area contributed by atoms with Crippen molar-refractivity contribution in [1.82, 2.24) is 0 Å². The average Bonchev–Trinajstić information content (AvgIpc) is 2.42. The normalized spacial score (nSPS) is 23.4. The monoisotopic (exact) mass is 303 g/mol. The van der Waals surface area contributed by atoms with Gasteiger partial charge in [-0.1, -0.05) is 5.57 Å². The molecule has 1 N–H and O–H groups in total. The van der Waals surface area contributed by atoms with Crippen molar-refractivity contribution in [2.75, 3.05) is 33.8 Å². The summed E-state index contributed by atoms with van der Waals surface area (Å²) < 4.78 is 22.0. The van der Waals surface area contributed by atoms with Crippen LogP contribution in [0.3, 0.4) is 0 Å². The molecule has 0 amide bonds. The average molecular weight is 303 g/mol. The van der Waals surface area contributed by atoms with E-state index < -0.39 is 5.79 Å². The lowest BCUT2D eigenvalue weighted by atomic mass is 10.0. The summed E-state index contributed by atoms with van der Waals surface area (Å²) in [6.07, 6.45) is 1.72. The van der Waals surface area contributed by atoms with Crippen LogP contribution in [0.2, 0.25) is 0 Å². The van der Waals surface area contributed by atoms with Gasteiger partial charge < -0.3 is 29.2 Å². The van der Waals surface area contributed by atoms with Gasteiger partial charge in [0.2, 0.25) is 0 Å². The first-order valence-electron chi connectivity index (χ1n) is 7.43. The maximum atomic E-state index is 11.3. The van der Waals surface area contributed by atoms with Crippen molar-refractivity contribution in [2.45, 2.75) is 52.4 Å². The van der Waals surface area contributed by atoms with Gasteiger partial charge in [0.25, 0.3) is 0 Å². The van der Waals surface area contributed by atoms with Crippen molar-refractivity contribution in [3.05, 3.63) is 16.4 Å². The molecule has 21 heavy (non-hydrogen) atoms. The highest BCUT2D eigenvalue weighted by molar-refractivity contribution is 5.13. The highest BCUT2D eigenvalue weighted by Crippen LogP contribution is 2.16. The van der Waals surface area contributed by atoms with Crippen LogP contribution in [0.4, 0.5) is 0 Å². The van der Waals surface area contributed by atoms with Gasteiger partial charge in [-0.3, -0.25) is 0 Å². The van der Waals surface area contributed by atoms with Crippen molar-refractivity contribution in [2.24, 2.45) is 0 Å². The molecule has 0 aliphatic carbocycles. The lowest BCUT2D eigenvalue weighted by molar-refractivity contribution is -0.852. The number of nitrogens with one attached hydrogen (secondary N) is 1. The Kier molecular flexibility index (Phi) is 7.79. The SMILES string of the molecule is CC(CCC(C)[NH+](C)[O-])=C1COCOC(C)(C)OCOC1. The predicted molar refractivity (Wildman–Crippen MR) is 79.5 cm³/mol. The summed E-state index contributed by atoms with van der Waals surface area (Å²) >= 11 is 0. The summed E-state index contributed by atoms with van der Waals surface area (Å²) in [5, 5.41) is 11.5. The molecular formula is C15H29NO5. The van der Waals surface area contributed by atoms with Gasteiger partial charge in [0.15, 0.2) is 19.4 Å². The van der Waals surface area contributed by atoms with Crippen LogP contribution in [0.1, 0.15) is 40.5 Å². The van der Waals surface area contributed by atoms with E-state index >= 15 is 0 Å². The number of ether oxygens (including phenoxy) is 4. The first-order chi connectivity index (χ1) is 9.82. The van der Waals surface area contributed by atoms with Crippen LogP contribution in [-0.2, 0) is 18.9 Å². The maximum absolute atomic E-state index is 11.3. The standard InChI is InChI=1S/C15H29NO5/c1-12(6-7-13(2)16(5)17)14-8-18-10-20-15(3,4)21-11-19-9-14/h13,16H,6-11H2,1-5H3. The van der Waals surface area contributed by atoms with Crippen molar-refractivity contribution in [3.8, 4) is 0 Å². The molecule has 1 heterocycles. The second-order valence-corrected chi connectivity index (χ2v) is 6.06. The first kappa shape index (κ1) is 18.5. The molecule has 6 nitrogen and oxygen atoms in total. The second kappa shape index (κ2) is 8.82. The van der Waals surface area contributed by atoms with Gasteiger partial charge in [0, 0.05) is 6.42 Å². The fraction of sp³-hybridized carbons (Fsp3) is 0.867. The van der Waals surface area contributed by atoms with E-state index in [0.717, 1.165) is 18.4 Å². The molecular weight excluding hydrogens is 274 g/mol. The molecule has 2 unspecified atom stereocenters. The van der Waals surface area contributed by atoms with Crippen LogP contribution in [0.15, 0.2) is 11.1 Å². The Labute approximate surface area is 127 Å². The van der Waals surface area contributed by atoms with Gasteiger partial charge in [-0.05, 0) is 39.7 Å². The molecule has 6 heteroatoms. The number of allylic oxidation sites excluding steroid dienone is 1. The molecule has 0 aromatic rings. The Morgan fingerprint density at radius 3 is 2.24 bits per heavy atom. The summed E-state index contributed by atoms with van der Waals surface area (Å²) in [7, 11) is 1.64. The fourth-order valence-corrected chi connectivity index (χ4v) is 1.84. The molecule has 0 bridgehead atoms. The summed E-state index contributed by atoms with van der Waals surface area (Å²) in [4.78, 5) is 0. The molecule has 1 saturated heterocycles. The molecule has 0 aromatic carbocycles. The van der Waals surface area contributed by atoms with E-state index in [0.29, 0.717) is 13.2 Å². The zero-order valence-corrected chi connectivity index (χ0v) is 13.9. The van der Waals surface area contributed by atoms with Gasteiger partial charge in [-0.2, -0.15) is 0 Å². The van der Waals surface area contributed by atoms with Gasteiger partial charge in [0.1, 0.15) is 0 Å². The number of hydrogen-bond acceptors (Lipinski definition) is 5. The zero-order chi connectivity index (χ0) is 15.9. The van der Waals surface area contributed by atoms with Crippen molar-refractivity contribution in [3.63, 3.8) is 0 Å². The van der Waals surface area contributed by atoms with E-state index in [1.54, 1.807) is 7.05 Å². The Morgan fingerprint density at radius 2 is 1.76 bits per heavy atom. The van der Waals surface area contributed by atoms with Crippen molar-refractivity contribution in [1.29, 1.82) is 0 Å². The molecule has 0 aromatic heterocycles. The quantitative estimate of drug-likeness (QED) is 0.625. The second-order valence-electron chi connectivity index (χ2n) is 6.06. The minimum absolute atomic E-state index is 0.0920. The first-order valence-corrected chi connectivity index (χ1v) is 7.43. The predicted octanol–water partition coefficient (Wildman–Crippen LogP) is 1.22. The Hall–Kier alpha value is -0.500. The molecule has 1 aliphatic heterocycles. The minimum atomic E-state index is -0.701. The molecule has 0 saturated carbocycles. The molecule has 1 aliphatic rings. The van der Waals surface area contributed by atoms with E-state index in [2.05, 4.69) is 6.92 Å². The van der Waals surface area contributed by atoms with Gasteiger partial charge in [-0.25, -0.2) is 0 Å². The third-order valence-electron chi connectivity index (χ3n) is 3.78. The molecule has 1 fully saturated rings. The van der Waals surface area contributed by atoms with Crippen molar-refractivity contribution < 1.29 is 24.0 Å². The van der Waals surface area contributed by atoms with E-state index in [-0.39, 0.29) is 24.7 Å². The highest BCUT2D eigenvalue weighted by Gasteiger charge is 2.20. The molecule has 124 valence electrons. The lowest BCUT2D eigenvalue weighted by Crippen LogP contribution is -3.07. The summed E-state index contributed by atoms with van der Waals surface area (Å²) in [6.45, 7) is 9.02. The van der Waals surface area contributed by atoms with Crippen molar-refractivity contribution >= 4 is 0 Å². The third-order valence-corrected chi connectivity index (χ3v) is 3.78. The van der Waals surface area contributed by atoms with Gasteiger partial charge in [0.05, 0.1) is 26.3 Å². The smallest absolute Gasteiger partial charge is 0.168 e. The Bertz CT molecular complexity index is 325. The topological polar surface area (TPSA) is 64.4 Å². The van der Waals surface area contributed by atoms with Crippen LogP contribution in [0.25, 0.3) is 0 Å². The summed E-state index contributed by atoms with van der Waals surface area (Å²) in [5.74, 6) is -0.701.